The van der Waals surface area contributed by atoms with Crippen molar-refractivity contribution in [3.8, 4) is 0 Å². The van der Waals surface area contributed by atoms with Crippen molar-refractivity contribution in [2.45, 2.75) is 67.0 Å². The summed E-state index contributed by atoms with van der Waals surface area (Å²) < 4.78 is 5.88. The summed E-state index contributed by atoms with van der Waals surface area (Å²) >= 11 is -1.46. The Morgan fingerprint density at radius 1 is 1.00 bits per heavy atom. The standard InChI is InChI=1S/C10H14N.C9H13.C2H7Si.2ClH.Ti/c1-10(2,3)8-5-4-6-9(11)7-8;1-6-5-7(2)9(4)8(6)3;1-3-2;;;/h4-7,11H,1-3H3;6H,1-4H3;3H,1-2H3;2*1H;/q-1;;;;;+3/p-2. The number of hydrogen-bond acceptors (Lipinski definition) is 1. The predicted molar refractivity (Wildman–Crippen MR) is 108 cm³/mol. The number of benzene rings is 1. The first-order valence-corrected chi connectivity index (χ1v) is 16.3. The summed E-state index contributed by atoms with van der Waals surface area (Å²) in [6.07, 6.45) is 0. The molecule has 1 unspecified atom stereocenters. The van der Waals surface area contributed by atoms with Gasteiger partial charge in [-0.25, -0.2) is 0 Å². The summed E-state index contributed by atoms with van der Waals surface area (Å²) in [6, 6.07) is 9.12. The monoisotopic (exact) mass is 446 g/mol. The minimum atomic E-state index is -1.46. The van der Waals surface area contributed by atoms with Crippen LogP contribution in [-0.2, 0) is 22.8 Å². The summed E-state index contributed by atoms with van der Waals surface area (Å²) in [5.74, 6) is 0.646. The molecule has 1 aliphatic carbocycles. The second kappa shape index (κ2) is 9.98. The maximum atomic E-state index is 4.08. The van der Waals surface area contributed by atoms with Gasteiger partial charge in [0.05, 0.1) is 0 Å². The maximum Gasteiger partial charge on any atom is -1.00 e. The van der Waals surface area contributed by atoms with Gasteiger partial charge < -0.3 is 24.8 Å². The molecular formula is C21H34Cl2NSiTi. The molecule has 0 heterocycles. The zero-order chi connectivity index (χ0) is 18.2. The number of hydrogen-bond donors (Lipinski definition) is 1. The van der Waals surface area contributed by atoms with Crippen LogP contribution < -0.4 is 28.6 Å². The van der Waals surface area contributed by atoms with Crippen molar-refractivity contribution in [3.63, 3.8) is 0 Å². The zero-order valence-corrected chi connectivity index (χ0v) is 21.9. The van der Waals surface area contributed by atoms with Crippen LogP contribution in [0.25, 0.3) is 0 Å². The Morgan fingerprint density at radius 2 is 1.58 bits per heavy atom. The number of nitrogens with one attached hydrogen (secondary N) is 1. The van der Waals surface area contributed by atoms with Gasteiger partial charge in [0.15, 0.2) is 0 Å². The van der Waals surface area contributed by atoms with E-state index in [4.69, 9.17) is 0 Å². The maximum absolute atomic E-state index is 4.08. The van der Waals surface area contributed by atoms with Crippen molar-refractivity contribution in [2.24, 2.45) is 5.92 Å². The molecule has 1 aliphatic rings. The van der Waals surface area contributed by atoms with Crippen molar-refractivity contribution in [1.29, 1.82) is 0 Å². The van der Waals surface area contributed by atoms with E-state index in [9.17, 15) is 0 Å². The molecule has 1 aromatic rings. The Bertz CT molecular complexity index is 689. The number of rotatable bonds is 4. The van der Waals surface area contributed by atoms with E-state index in [1.165, 1.54) is 11.3 Å². The summed E-state index contributed by atoms with van der Waals surface area (Å²) in [5, 5.41) is 0. The van der Waals surface area contributed by atoms with Crippen molar-refractivity contribution in [3.05, 3.63) is 50.4 Å². The molecule has 0 bridgehead atoms. The normalized spacial score (nSPS) is 17.2. The van der Waals surface area contributed by atoms with E-state index in [0.29, 0.717) is 5.92 Å². The van der Waals surface area contributed by atoms with Crippen LogP contribution in [0, 0.1) is 5.92 Å². The minimum absolute atomic E-state index is 0. The smallest absolute Gasteiger partial charge is 1.00 e. The van der Waals surface area contributed by atoms with Gasteiger partial charge in [0.2, 0.25) is 0 Å². The molecule has 0 saturated carbocycles. The van der Waals surface area contributed by atoms with Crippen LogP contribution in [0.1, 0.15) is 54.0 Å². The molecule has 0 amide bonds. The van der Waals surface area contributed by atoms with Crippen LogP contribution in [0.15, 0.2) is 44.9 Å². The van der Waals surface area contributed by atoms with Crippen LogP contribution >= 0.6 is 0 Å². The fourth-order valence-electron chi connectivity index (χ4n) is 3.54. The fourth-order valence-corrected chi connectivity index (χ4v) is 14.3. The van der Waals surface area contributed by atoms with E-state index in [2.05, 4.69) is 89.6 Å². The van der Waals surface area contributed by atoms with Crippen LogP contribution in [0.5, 0.6) is 0 Å². The molecule has 0 aromatic heterocycles. The first-order chi connectivity index (χ1) is 11.0. The molecular weight excluding hydrogens is 413 g/mol. The molecule has 1 aromatic carbocycles. The number of halogens is 2. The molecule has 2 rings (SSSR count). The van der Waals surface area contributed by atoms with E-state index < -0.39 is 24.0 Å². The van der Waals surface area contributed by atoms with Crippen LogP contribution in [0.3, 0.4) is 0 Å². The average molecular weight is 447 g/mol. The van der Waals surface area contributed by atoms with E-state index in [1.807, 2.05) is 0 Å². The van der Waals surface area contributed by atoms with E-state index in [-0.39, 0.29) is 30.2 Å². The number of allylic oxidation sites excluding steroid dienone is 4. The summed E-state index contributed by atoms with van der Waals surface area (Å²) in [4.78, 5) is 0. The van der Waals surface area contributed by atoms with Gasteiger partial charge in [-0.15, -0.1) is 0 Å². The first kappa shape index (κ1) is 26.0. The van der Waals surface area contributed by atoms with Gasteiger partial charge in [0.1, 0.15) is 0 Å². The molecule has 1 N–H and O–H groups in total. The molecule has 0 spiro atoms. The van der Waals surface area contributed by atoms with Crippen LogP contribution in [0.4, 0.5) is 5.69 Å². The largest absolute Gasteiger partial charge is 1.00 e. The Morgan fingerprint density at radius 3 is 2.00 bits per heavy atom. The third-order valence-corrected chi connectivity index (χ3v) is 17.0. The zero-order valence-electron chi connectivity index (χ0n) is 17.7. The fraction of sp³-hybridized carbons (Fsp3) is 0.524. The van der Waals surface area contributed by atoms with Gasteiger partial charge in [-0.2, -0.15) is 0 Å². The van der Waals surface area contributed by atoms with Crippen molar-refractivity contribution >= 4 is 12.4 Å². The summed E-state index contributed by atoms with van der Waals surface area (Å²) in [5.41, 5.74) is 7.70. The molecule has 145 valence electrons. The van der Waals surface area contributed by atoms with Crippen molar-refractivity contribution in [1.82, 2.24) is 0 Å². The molecule has 1 nitrogen and oxygen atoms in total. The third kappa shape index (κ3) is 5.52. The minimum Gasteiger partial charge on any atom is -1.00 e. The average Bonchev–Trinajstić information content (AvgIpc) is 2.68. The van der Waals surface area contributed by atoms with Gasteiger partial charge in [0, 0.05) is 0 Å². The van der Waals surface area contributed by atoms with E-state index in [1.54, 1.807) is 20.6 Å². The van der Waals surface area contributed by atoms with Crippen molar-refractivity contribution < 1.29 is 42.2 Å². The molecule has 5 heteroatoms. The van der Waals surface area contributed by atoms with Gasteiger partial charge in [-0.3, -0.25) is 0 Å². The number of anilines is 1. The second-order valence-corrected chi connectivity index (χ2v) is 21.2. The topological polar surface area (TPSA) is 12.0 Å². The van der Waals surface area contributed by atoms with E-state index in [0.717, 1.165) is 0 Å². The SMILES string of the molecule is CC1=C(C)C(C)[C]([Ti+2]([NH]c2cccc(C(C)(C)C)c2)[SiH](C)C)=C1C.[Cl-].[Cl-]. The van der Waals surface area contributed by atoms with Gasteiger partial charge >= 0.3 is 157 Å². The second-order valence-electron chi connectivity index (χ2n) is 8.59. The molecule has 0 fully saturated rings. The molecule has 0 saturated heterocycles. The molecule has 26 heavy (non-hydrogen) atoms. The Hall–Kier alpha value is 0.0112. The predicted octanol–water partition coefficient (Wildman–Crippen LogP) is 0.181. The quantitative estimate of drug-likeness (QED) is 0.650. The van der Waals surface area contributed by atoms with Crippen LogP contribution in [-0.4, -0.2) is 6.66 Å². The summed E-state index contributed by atoms with van der Waals surface area (Å²) in [7, 11) is 0. The molecule has 1 atom stereocenters. The van der Waals surface area contributed by atoms with Gasteiger partial charge in [-0.05, 0) is 0 Å². The van der Waals surface area contributed by atoms with Crippen molar-refractivity contribution in [2.75, 3.05) is 3.80 Å². The third-order valence-electron chi connectivity index (χ3n) is 5.52. The molecule has 0 aliphatic heterocycles. The van der Waals surface area contributed by atoms with Gasteiger partial charge in [-0.1, -0.05) is 0 Å². The molecule has 0 radical (unpaired) electrons. The Balaban J connectivity index is 0.00000312. The van der Waals surface area contributed by atoms with E-state index >= 15 is 0 Å². The van der Waals surface area contributed by atoms with Gasteiger partial charge in [0.25, 0.3) is 0 Å². The van der Waals surface area contributed by atoms with Crippen LogP contribution in [0.2, 0.25) is 13.1 Å². The Kier molecular flexibility index (Phi) is 9.98. The summed E-state index contributed by atoms with van der Waals surface area (Å²) in [6.45, 7) is 20.6. The Labute approximate surface area is 180 Å². The first-order valence-electron chi connectivity index (χ1n) is 9.17.